The van der Waals surface area contributed by atoms with Crippen molar-refractivity contribution in [3.8, 4) is 0 Å². The number of anilines is 1. The van der Waals surface area contributed by atoms with E-state index in [1.807, 2.05) is 7.05 Å². The lowest BCUT2D eigenvalue weighted by Crippen LogP contribution is -2.49. The first-order chi connectivity index (χ1) is 13.2. The van der Waals surface area contributed by atoms with Crippen LogP contribution in [-0.4, -0.2) is 67.7 Å². The smallest absolute Gasteiger partial charge is 0.191 e. The summed E-state index contributed by atoms with van der Waals surface area (Å²) in [4.78, 5) is 9.45. The molecule has 3 rings (SSSR count). The Bertz CT molecular complexity index is 593. The number of guanidine groups is 1. The summed E-state index contributed by atoms with van der Waals surface area (Å²) in [5.41, 5.74) is 2.64. The van der Waals surface area contributed by atoms with Crippen molar-refractivity contribution >= 4 is 47.4 Å². The Labute approximate surface area is 192 Å². The first kappa shape index (κ1) is 23.6. The third-order valence-corrected chi connectivity index (χ3v) is 6.54. The van der Waals surface area contributed by atoms with E-state index < -0.39 is 0 Å². The number of hydrogen-bond acceptors (Lipinski definition) is 4. The van der Waals surface area contributed by atoms with Gasteiger partial charge in [0.15, 0.2) is 5.96 Å². The Hall–Kier alpha value is -0.670. The fourth-order valence-corrected chi connectivity index (χ4v) is 4.68. The van der Waals surface area contributed by atoms with Gasteiger partial charge in [-0.25, -0.2) is 0 Å². The number of likely N-dealkylation sites (tertiary alicyclic amines) is 1. The average molecular weight is 518 g/mol. The van der Waals surface area contributed by atoms with Gasteiger partial charge in [-0.15, -0.1) is 24.0 Å². The van der Waals surface area contributed by atoms with E-state index in [4.69, 9.17) is 0 Å². The lowest BCUT2D eigenvalue weighted by atomic mass is 10.0. The summed E-state index contributed by atoms with van der Waals surface area (Å²) in [7, 11) is 1.86. The van der Waals surface area contributed by atoms with Crippen molar-refractivity contribution in [2.24, 2.45) is 4.99 Å². The van der Waals surface area contributed by atoms with Gasteiger partial charge in [0, 0.05) is 69.0 Å². The highest BCUT2D eigenvalue weighted by Crippen LogP contribution is 2.20. The van der Waals surface area contributed by atoms with E-state index >= 15 is 0 Å². The fraction of sp³-hybridized carbons (Fsp3) is 0.667. The molecule has 2 saturated heterocycles. The lowest BCUT2D eigenvalue weighted by Gasteiger charge is -2.35. The van der Waals surface area contributed by atoms with Crippen LogP contribution in [0.5, 0.6) is 0 Å². The minimum atomic E-state index is 0. The summed E-state index contributed by atoms with van der Waals surface area (Å²) in [6.45, 7) is 10.0. The molecule has 2 aliphatic heterocycles. The monoisotopic (exact) mass is 517 g/mol. The number of piperidine rings is 1. The summed E-state index contributed by atoms with van der Waals surface area (Å²) >= 11 is 2.05. The van der Waals surface area contributed by atoms with Gasteiger partial charge in [-0.3, -0.25) is 4.99 Å². The second kappa shape index (κ2) is 12.1. The van der Waals surface area contributed by atoms with E-state index in [1.54, 1.807) is 0 Å². The highest BCUT2D eigenvalue weighted by Gasteiger charge is 2.21. The summed E-state index contributed by atoms with van der Waals surface area (Å²) in [6, 6.07) is 10.1. The Balaban J connectivity index is 0.00000280. The summed E-state index contributed by atoms with van der Waals surface area (Å²) in [5.74, 6) is 3.39. The number of benzene rings is 1. The largest absolute Gasteiger partial charge is 0.370 e. The Morgan fingerprint density at radius 1 is 1.11 bits per heavy atom. The zero-order valence-electron chi connectivity index (χ0n) is 17.5. The van der Waals surface area contributed by atoms with Gasteiger partial charge >= 0.3 is 0 Å². The van der Waals surface area contributed by atoms with Crippen molar-refractivity contribution in [3.05, 3.63) is 29.8 Å². The van der Waals surface area contributed by atoms with Crippen LogP contribution >= 0.6 is 35.7 Å². The molecule has 0 spiro atoms. The molecule has 1 aromatic rings. The number of aliphatic imine (C=N–C) groups is 1. The van der Waals surface area contributed by atoms with Crippen LogP contribution < -0.4 is 15.5 Å². The molecule has 2 fully saturated rings. The maximum atomic E-state index is 4.41. The second-order valence-electron chi connectivity index (χ2n) is 7.74. The van der Waals surface area contributed by atoms with Gasteiger partial charge in [-0.2, -0.15) is 11.8 Å². The van der Waals surface area contributed by atoms with Crippen LogP contribution in [0.2, 0.25) is 0 Å². The molecule has 0 unspecified atom stereocenters. The molecule has 1 aromatic carbocycles. The van der Waals surface area contributed by atoms with Crippen LogP contribution in [0.3, 0.4) is 0 Å². The molecule has 2 aliphatic rings. The minimum Gasteiger partial charge on any atom is -0.370 e. The molecule has 0 bridgehead atoms. The molecule has 2 N–H and O–H groups in total. The van der Waals surface area contributed by atoms with E-state index in [0.717, 1.165) is 25.6 Å². The molecule has 2 heterocycles. The molecule has 5 nitrogen and oxygen atoms in total. The first-order valence-electron chi connectivity index (χ1n) is 10.3. The third-order valence-electron chi connectivity index (χ3n) is 5.60. The number of thioether (sulfide) groups is 1. The van der Waals surface area contributed by atoms with Crippen molar-refractivity contribution in [3.63, 3.8) is 0 Å². The van der Waals surface area contributed by atoms with Crippen LogP contribution in [0.1, 0.15) is 32.3 Å². The van der Waals surface area contributed by atoms with Crippen molar-refractivity contribution in [1.29, 1.82) is 0 Å². The van der Waals surface area contributed by atoms with Crippen LogP contribution in [0.25, 0.3) is 0 Å². The van der Waals surface area contributed by atoms with Crippen LogP contribution in [0.15, 0.2) is 29.3 Å². The predicted octanol–water partition coefficient (Wildman–Crippen LogP) is 3.40. The highest BCUT2D eigenvalue weighted by atomic mass is 127. The molecular weight excluding hydrogens is 481 g/mol. The minimum absolute atomic E-state index is 0. The van der Waals surface area contributed by atoms with Gasteiger partial charge in [0.05, 0.1) is 0 Å². The molecule has 0 aromatic heterocycles. The predicted molar refractivity (Wildman–Crippen MR) is 134 cm³/mol. The zero-order valence-corrected chi connectivity index (χ0v) is 20.6. The van der Waals surface area contributed by atoms with Crippen molar-refractivity contribution < 1.29 is 0 Å². The molecule has 158 valence electrons. The fourth-order valence-electron chi connectivity index (χ4n) is 3.78. The van der Waals surface area contributed by atoms with E-state index in [0.29, 0.717) is 12.1 Å². The van der Waals surface area contributed by atoms with Crippen LogP contribution in [0, 0.1) is 0 Å². The number of hydrogen-bond donors (Lipinski definition) is 2. The SMILES string of the molecule is CN=C(NCc1ccc(N2CCSCC2)cc1)NC1CCN(C(C)C)CC1.I. The van der Waals surface area contributed by atoms with Gasteiger partial charge < -0.3 is 20.4 Å². The van der Waals surface area contributed by atoms with Crippen LogP contribution in [0.4, 0.5) is 5.69 Å². The van der Waals surface area contributed by atoms with Crippen molar-refractivity contribution in [2.75, 3.05) is 49.6 Å². The molecule has 0 aliphatic carbocycles. The van der Waals surface area contributed by atoms with Gasteiger partial charge in [0.25, 0.3) is 0 Å². The number of halogens is 1. The second-order valence-corrected chi connectivity index (χ2v) is 8.96. The Morgan fingerprint density at radius 2 is 1.75 bits per heavy atom. The molecular formula is C21H36IN5S. The third kappa shape index (κ3) is 6.99. The average Bonchev–Trinajstić information content (AvgIpc) is 2.72. The van der Waals surface area contributed by atoms with E-state index in [9.17, 15) is 0 Å². The quantitative estimate of drug-likeness (QED) is 0.356. The van der Waals surface area contributed by atoms with E-state index in [1.165, 1.54) is 48.7 Å². The van der Waals surface area contributed by atoms with Crippen molar-refractivity contribution in [2.45, 2.75) is 45.3 Å². The zero-order chi connectivity index (χ0) is 19.1. The summed E-state index contributed by atoms with van der Waals surface area (Å²) < 4.78 is 0. The van der Waals surface area contributed by atoms with Crippen molar-refractivity contribution in [1.82, 2.24) is 15.5 Å². The molecule has 0 saturated carbocycles. The van der Waals surface area contributed by atoms with Gasteiger partial charge in [-0.05, 0) is 44.4 Å². The normalized spacial score (nSPS) is 19.4. The van der Waals surface area contributed by atoms with E-state index in [-0.39, 0.29) is 24.0 Å². The number of nitrogens with one attached hydrogen (secondary N) is 2. The highest BCUT2D eigenvalue weighted by molar-refractivity contribution is 14.0. The standard InChI is InChI=1S/C21H35N5S.HI/c1-17(2)25-10-8-19(9-11-25)24-21(22-3)23-16-18-4-6-20(7-5-18)26-12-14-27-15-13-26;/h4-7,17,19H,8-16H2,1-3H3,(H2,22,23,24);1H. The summed E-state index contributed by atoms with van der Waals surface area (Å²) in [5, 5.41) is 7.07. The topological polar surface area (TPSA) is 42.9 Å². The number of rotatable bonds is 5. The summed E-state index contributed by atoms with van der Waals surface area (Å²) in [6.07, 6.45) is 2.36. The first-order valence-corrected chi connectivity index (χ1v) is 11.4. The lowest BCUT2D eigenvalue weighted by molar-refractivity contribution is 0.167. The van der Waals surface area contributed by atoms with Gasteiger partial charge in [0.1, 0.15) is 0 Å². The molecule has 0 radical (unpaired) electrons. The van der Waals surface area contributed by atoms with E-state index in [2.05, 4.69) is 75.3 Å². The molecule has 0 atom stereocenters. The van der Waals surface area contributed by atoms with Gasteiger partial charge in [-0.1, -0.05) is 12.1 Å². The maximum Gasteiger partial charge on any atom is 0.191 e. The van der Waals surface area contributed by atoms with Crippen LogP contribution in [-0.2, 0) is 6.54 Å². The molecule has 28 heavy (non-hydrogen) atoms. The number of nitrogens with zero attached hydrogens (tertiary/aromatic N) is 3. The maximum absolute atomic E-state index is 4.41. The molecule has 7 heteroatoms. The Kier molecular flexibility index (Phi) is 10.2. The van der Waals surface area contributed by atoms with Gasteiger partial charge in [0.2, 0.25) is 0 Å². The molecule has 0 amide bonds. The Morgan fingerprint density at radius 3 is 2.32 bits per heavy atom.